The van der Waals surface area contributed by atoms with Crippen molar-refractivity contribution in [2.45, 2.75) is 58.3 Å². The number of rotatable bonds is 9. The minimum absolute atomic E-state index is 1.10. The molecule has 0 saturated heterocycles. The largest absolute Gasteiger partial charge is 0.0914 e. The predicted octanol–water partition coefficient (Wildman–Crippen LogP) is 5.07. The number of hydrogen-bond donors (Lipinski definition) is 0. The van der Waals surface area contributed by atoms with Crippen LogP contribution in [0.4, 0.5) is 0 Å². The summed E-state index contributed by atoms with van der Waals surface area (Å²) >= 11 is 0. The second-order valence-electron chi connectivity index (χ2n) is 3.69. The highest BCUT2D eigenvalue weighted by atomic mass is 13.9. The molecule has 0 heteroatoms. The summed E-state index contributed by atoms with van der Waals surface area (Å²) in [6.07, 6.45) is 19.1. The van der Waals surface area contributed by atoms with E-state index >= 15 is 0 Å². The molecule has 0 atom stereocenters. The topological polar surface area (TPSA) is 0 Å². The fourth-order valence-corrected chi connectivity index (χ4v) is 1.40. The van der Waals surface area contributed by atoms with Gasteiger partial charge in [0.1, 0.15) is 0 Å². The maximum absolute atomic E-state index is 3.84. The van der Waals surface area contributed by atoms with Crippen LogP contribution in [0, 0.1) is 6.92 Å². The highest BCUT2D eigenvalue weighted by Crippen LogP contribution is 2.07. The van der Waals surface area contributed by atoms with E-state index in [1.54, 1.807) is 0 Å². The van der Waals surface area contributed by atoms with Crippen LogP contribution in [0.15, 0.2) is 24.3 Å². The third-order valence-electron chi connectivity index (χ3n) is 2.30. The van der Waals surface area contributed by atoms with E-state index in [2.05, 4.69) is 38.2 Å². The third kappa shape index (κ3) is 11.5. The molecule has 81 valence electrons. The molecule has 1 radical (unpaired) electrons. The van der Waals surface area contributed by atoms with Crippen LogP contribution < -0.4 is 0 Å². The zero-order valence-electron chi connectivity index (χ0n) is 9.67. The van der Waals surface area contributed by atoms with E-state index in [4.69, 9.17) is 0 Å². The quantitative estimate of drug-likeness (QED) is 0.354. The summed E-state index contributed by atoms with van der Waals surface area (Å²) in [4.78, 5) is 0. The molecule has 0 aromatic heterocycles. The molecule has 0 saturated carbocycles. The minimum Gasteiger partial charge on any atom is -0.0914 e. The van der Waals surface area contributed by atoms with Gasteiger partial charge in [-0.2, -0.15) is 0 Å². The molecule has 14 heavy (non-hydrogen) atoms. The van der Waals surface area contributed by atoms with Crippen LogP contribution in [-0.2, 0) is 0 Å². The fraction of sp³-hybridized carbons (Fsp3) is 0.643. The number of unbranched alkanes of at least 4 members (excludes halogenated alkanes) is 6. The lowest BCUT2D eigenvalue weighted by molar-refractivity contribution is 0.621. The standard InChI is InChI=1S/C14H25/c1-3-5-7-9-11-13-14-12-10-8-6-4-2/h4,6,10,12H,1,3,5,7-9,11,13-14H2,2H3/b6-4+,12-10-. The van der Waals surface area contributed by atoms with Gasteiger partial charge in [-0.3, -0.25) is 0 Å². The van der Waals surface area contributed by atoms with Crippen molar-refractivity contribution in [3.8, 4) is 0 Å². The molecule has 0 nitrogen and oxygen atoms in total. The van der Waals surface area contributed by atoms with Crippen LogP contribution in [0.1, 0.15) is 58.3 Å². The van der Waals surface area contributed by atoms with E-state index in [0.29, 0.717) is 0 Å². The van der Waals surface area contributed by atoms with Crippen molar-refractivity contribution < 1.29 is 0 Å². The zero-order chi connectivity index (χ0) is 10.5. The van der Waals surface area contributed by atoms with Crippen LogP contribution in [0.2, 0.25) is 0 Å². The molecular weight excluding hydrogens is 168 g/mol. The van der Waals surface area contributed by atoms with Crippen molar-refractivity contribution in [1.82, 2.24) is 0 Å². The van der Waals surface area contributed by atoms with Gasteiger partial charge in [-0.25, -0.2) is 0 Å². The summed E-state index contributed by atoms with van der Waals surface area (Å²) in [6, 6.07) is 0. The van der Waals surface area contributed by atoms with Gasteiger partial charge in [-0.1, -0.05) is 63.3 Å². The predicted molar refractivity (Wildman–Crippen MR) is 66.2 cm³/mol. The molecule has 0 amide bonds. The normalized spacial score (nSPS) is 11.9. The monoisotopic (exact) mass is 193 g/mol. The Hall–Kier alpha value is -0.520. The molecule has 0 aliphatic heterocycles. The lowest BCUT2D eigenvalue weighted by atomic mass is 10.1. The average molecular weight is 193 g/mol. The van der Waals surface area contributed by atoms with E-state index in [9.17, 15) is 0 Å². The summed E-state index contributed by atoms with van der Waals surface area (Å²) in [5.41, 5.74) is 0. The summed E-state index contributed by atoms with van der Waals surface area (Å²) < 4.78 is 0. The van der Waals surface area contributed by atoms with Gasteiger partial charge < -0.3 is 0 Å². The van der Waals surface area contributed by atoms with Crippen molar-refractivity contribution in [2.24, 2.45) is 0 Å². The van der Waals surface area contributed by atoms with Gasteiger partial charge in [0.2, 0.25) is 0 Å². The van der Waals surface area contributed by atoms with E-state index in [-0.39, 0.29) is 0 Å². The van der Waals surface area contributed by atoms with Gasteiger partial charge in [-0.05, 0) is 26.2 Å². The van der Waals surface area contributed by atoms with Crippen LogP contribution >= 0.6 is 0 Å². The zero-order valence-corrected chi connectivity index (χ0v) is 9.67. The van der Waals surface area contributed by atoms with Crippen LogP contribution in [0.3, 0.4) is 0 Å². The van der Waals surface area contributed by atoms with Crippen LogP contribution in [0.5, 0.6) is 0 Å². The number of hydrogen-bond acceptors (Lipinski definition) is 0. The summed E-state index contributed by atoms with van der Waals surface area (Å²) in [5.74, 6) is 0. The SMILES string of the molecule is [CH2]CCCCCCC/C=C\C/C=C/C. The third-order valence-corrected chi connectivity index (χ3v) is 2.30. The molecule has 0 aromatic carbocycles. The van der Waals surface area contributed by atoms with Crippen molar-refractivity contribution >= 4 is 0 Å². The van der Waals surface area contributed by atoms with E-state index in [1.165, 1.54) is 38.5 Å². The molecular formula is C14H25. The first-order chi connectivity index (χ1) is 6.91. The second kappa shape index (κ2) is 12.5. The molecule has 0 heterocycles. The van der Waals surface area contributed by atoms with E-state index in [0.717, 1.165) is 12.8 Å². The molecule has 0 aliphatic rings. The smallest absolute Gasteiger partial charge is 0.0169 e. The fourth-order valence-electron chi connectivity index (χ4n) is 1.40. The van der Waals surface area contributed by atoms with Crippen molar-refractivity contribution in [2.75, 3.05) is 0 Å². The Bertz CT molecular complexity index is 142. The molecule has 0 spiro atoms. The van der Waals surface area contributed by atoms with Gasteiger partial charge in [0.25, 0.3) is 0 Å². The molecule has 0 fully saturated rings. The van der Waals surface area contributed by atoms with E-state index < -0.39 is 0 Å². The highest BCUT2D eigenvalue weighted by Gasteiger charge is 1.87. The van der Waals surface area contributed by atoms with Crippen molar-refractivity contribution in [3.63, 3.8) is 0 Å². The molecule has 0 bridgehead atoms. The first-order valence-electron chi connectivity index (χ1n) is 5.97. The minimum atomic E-state index is 1.10. The van der Waals surface area contributed by atoms with Gasteiger partial charge in [0, 0.05) is 0 Å². The maximum atomic E-state index is 3.84. The van der Waals surface area contributed by atoms with Gasteiger partial charge in [0.15, 0.2) is 0 Å². The average Bonchev–Trinajstić information content (AvgIpc) is 2.21. The molecule has 0 rings (SSSR count). The van der Waals surface area contributed by atoms with E-state index in [1.807, 2.05) is 0 Å². The molecule has 0 aliphatic carbocycles. The lowest BCUT2D eigenvalue weighted by Crippen LogP contribution is -1.77. The second-order valence-corrected chi connectivity index (χ2v) is 3.69. The lowest BCUT2D eigenvalue weighted by Gasteiger charge is -1.97. The highest BCUT2D eigenvalue weighted by molar-refractivity contribution is 4.91. The Morgan fingerprint density at radius 3 is 2.29 bits per heavy atom. The Morgan fingerprint density at radius 2 is 1.57 bits per heavy atom. The Labute approximate surface area is 90.1 Å². The molecule has 0 unspecified atom stereocenters. The van der Waals surface area contributed by atoms with Crippen molar-refractivity contribution in [3.05, 3.63) is 31.2 Å². The maximum Gasteiger partial charge on any atom is -0.0169 e. The van der Waals surface area contributed by atoms with Crippen molar-refractivity contribution in [1.29, 1.82) is 0 Å². The Balaban J connectivity index is 3.01. The van der Waals surface area contributed by atoms with Crippen LogP contribution in [-0.4, -0.2) is 0 Å². The first-order valence-corrected chi connectivity index (χ1v) is 5.97. The van der Waals surface area contributed by atoms with Crippen LogP contribution in [0.25, 0.3) is 0 Å². The number of allylic oxidation sites excluding steroid dienone is 4. The summed E-state index contributed by atoms with van der Waals surface area (Å²) in [5, 5.41) is 0. The molecule has 0 N–H and O–H groups in total. The Morgan fingerprint density at radius 1 is 0.857 bits per heavy atom. The first kappa shape index (κ1) is 13.5. The molecule has 0 aromatic rings. The summed E-state index contributed by atoms with van der Waals surface area (Å²) in [7, 11) is 0. The summed E-state index contributed by atoms with van der Waals surface area (Å²) in [6.45, 7) is 5.91. The Kier molecular flexibility index (Phi) is 12.0. The van der Waals surface area contributed by atoms with Gasteiger partial charge in [-0.15, -0.1) is 0 Å². The van der Waals surface area contributed by atoms with Gasteiger partial charge >= 0.3 is 0 Å². The van der Waals surface area contributed by atoms with Gasteiger partial charge in [0.05, 0.1) is 0 Å².